The second-order valence-electron chi connectivity index (χ2n) is 4.65. The van der Waals surface area contributed by atoms with E-state index in [0.29, 0.717) is 0 Å². The lowest BCUT2D eigenvalue weighted by molar-refractivity contribution is 0.865. The standard InChI is InChI=1S/C14H11N5S/c1-8-7-20-14(15-8)19-13-12(9(2)18-19)16-10-5-3-4-6-11(10)17-13/h3-7H,1-2H3. The fourth-order valence-corrected chi connectivity index (χ4v) is 2.95. The van der Waals surface area contributed by atoms with Crippen LogP contribution in [0, 0.1) is 13.8 Å². The Kier molecular flexibility index (Phi) is 2.34. The van der Waals surface area contributed by atoms with Crippen LogP contribution in [0.15, 0.2) is 29.6 Å². The number of thiazole rings is 1. The number of rotatable bonds is 1. The molecule has 6 heteroatoms. The molecule has 4 rings (SSSR count). The predicted molar refractivity (Wildman–Crippen MR) is 79.3 cm³/mol. The first-order valence-electron chi connectivity index (χ1n) is 6.27. The zero-order valence-electron chi connectivity index (χ0n) is 11.0. The van der Waals surface area contributed by atoms with Crippen LogP contribution < -0.4 is 0 Å². The SMILES string of the molecule is Cc1csc(-n2nc(C)c3nc4ccccc4nc32)n1. The number of aryl methyl sites for hydroxylation is 2. The Bertz CT molecular complexity index is 937. The molecule has 3 heterocycles. The number of hydrogen-bond acceptors (Lipinski definition) is 5. The van der Waals surface area contributed by atoms with Crippen molar-refractivity contribution in [3.8, 4) is 5.13 Å². The predicted octanol–water partition coefficient (Wildman–Crippen LogP) is 3.04. The van der Waals surface area contributed by atoms with Crippen LogP contribution in [0.5, 0.6) is 0 Å². The van der Waals surface area contributed by atoms with Crippen molar-refractivity contribution in [2.75, 3.05) is 0 Å². The van der Waals surface area contributed by atoms with Crippen LogP contribution in [0.3, 0.4) is 0 Å². The maximum Gasteiger partial charge on any atom is 0.212 e. The first-order valence-corrected chi connectivity index (χ1v) is 7.15. The Morgan fingerprint density at radius 2 is 1.75 bits per heavy atom. The van der Waals surface area contributed by atoms with E-state index in [2.05, 4.69) is 20.1 Å². The Morgan fingerprint density at radius 3 is 2.45 bits per heavy atom. The number of aromatic nitrogens is 5. The Balaban J connectivity index is 2.09. The second kappa shape index (κ2) is 4.08. The second-order valence-corrected chi connectivity index (χ2v) is 5.49. The van der Waals surface area contributed by atoms with Gasteiger partial charge < -0.3 is 0 Å². The van der Waals surface area contributed by atoms with Gasteiger partial charge in [0, 0.05) is 5.38 Å². The minimum absolute atomic E-state index is 0.760. The van der Waals surface area contributed by atoms with Crippen molar-refractivity contribution in [1.29, 1.82) is 0 Å². The van der Waals surface area contributed by atoms with E-state index >= 15 is 0 Å². The summed E-state index contributed by atoms with van der Waals surface area (Å²) in [5.74, 6) is 0. The molecule has 0 radical (unpaired) electrons. The lowest BCUT2D eigenvalue weighted by atomic mass is 10.3. The molecule has 0 saturated heterocycles. The van der Waals surface area contributed by atoms with Gasteiger partial charge in [0.05, 0.1) is 22.4 Å². The molecule has 0 atom stereocenters. The summed E-state index contributed by atoms with van der Waals surface area (Å²) in [5.41, 5.74) is 5.20. The topological polar surface area (TPSA) is 56.5 Å². The largest absolute Gasteiger partial charge is 0.241 e. The zero-order valence-corrected chi connectivity index (χ0v) is 11.8. The highest BCUT2D eigenvalue weighted by Gasteiger charge is 2.14. The van der Waals surface area contributed by atoms with Gasteiger partial charge in [0.2, 0.25) is 5.13 Å². The van der Waals surface area contributed by atoms with E-state index in [4.69, 9.17) is 0 Å². The maximum atomic E-state index is 4.69. The molecule has 4 aromatic rings. The van der Waals surface area contributed by atoms with Gasteiger partial charge in [-0.2, -0.15) is 9.78 Å². The van der Waals surface area contributed by atoms with Gasteiger partial charge in [-0.15, -0.1) is 11.3 Å². The third-order valence-electron chi connectivity index (χ3n) is 3.13. The highest BCUT2D eigenvalue weighted by molar-refractivity contribution is 7.12. The molecule has 0 saturated carbocycles. The van der Waals surface area contributed by atoms with E-state index < -0.39 is 0 Å². The summed E-state index contributed by atoms with van der Waals surface area (Å²) in [7, 11) is 0. The van der Waals surface area contributed by atoms with Crippen LogP contribution in [0.4, 0.5) is 0 Å². The smallest absolute Gasteiger partial charge is 0.212 e. The van der Waals surface area contributed by atoms with Crippen molar-refractivity contribution in [3.63, 3.8) is 0 Å². The van der Waals surface area contributed by atoms with Crippen molar-refractivity contribution < 1.29 is 0 Å². The quantitative estimate of drug-likeness (QED) is 0.538. The molecule has 20 heavy (non-hydrogen) atoms. The average Bonchev–Trinajstić information content (AvgIpc) is 3.01. The van der Waals surface area contributed by atoms with E-state index in [9.17, 15) is 0 Å². The van der Waals surface area contributed by atoms with Crippen molar-refractivity contribution in [2.45, 2.75) is 13.8 Å². The highest BCUT2D eigenvalue weighted by Crippen LogP contribution is 2.23. The summed E-state index contributed by atoms with van der Waals surface area (Å²) in [5, 5.41) is 7.37. The van der Waals surface area contributed by atoms with E-state index in [-0.39, 0.29) is 0 Å². The van der Waals surface area contributed by atoms with Gasteiger partial charge >= 0.3 is 0 Å². The maximum absolute atomic E-state index is 4.69. The first-order chi connectivity index (χ1) is 9.72. The highest BCUT2D eigenvalue weighted by atomic mass is 32.1. The van der Waals surface area contributed by atoms with Gasteiger partial charge in [-0.1, -0.05) is 12.1 Å². The molecule has 0 aliphatic heterocycles. The van der Waals surface area contributed by atoms with Crippen LogP contribution in [0.25, 0.3) is 27.3 Å². The minimum Gasteiger partial charge on any atom is -0.241 e. The Morgan fingerprint density at radius 1 is 1.00 bits per heavy atom. The molecule has 0 bridgehead atoms. The molecule has 98 valence electrons. The molecular formula is C14H11N5S. The van der Waals surface area contributed by atoms with E-state index in [1.165, 1.54) is 0 Å². The molecule has 0 aliphatic carbocycles. The van der Waals surface area contributed by atoms with Gasteiger partial charge in [-0.25, -0.2) is 15.0 Å². The number of benzene rings is 1. The third kappa shape index (κ3) is 1.61. The Hall–Kier alpha value is -2.34. The summed E-state index contributed by atoms with van der Waals surface area (Å²) >= 11 is 1.56. The zero-order chi connectivity index (χ0) is 13.7. The van der Waals surface area contributed by atoms with Gasteiger partial charge in [0.15, 0.2) is 5.65 Å². The van der Waals surface area contributed by atoms with Crippen molar-refractivity contribution in [3.05, 3.63) is 41.0 Å². The molecule has 0 spiro atoms. The summed E-state index contributed by atoms with van der Waals surface area (Å²) < 4.78 is 1.78. The van der Waals surface area contributed by atoms with Crippen molar-refractivity contribution in [1.82, 2.24) is 24.7 Å². The van der Waals surface area contributed by atoms with Gasteiger partial charge in [-0.05, 0) is 26.0 Å². The van der Waals surface area contributed by atoms with Crippen LogP contribution in [-0.4, -0.2) is 24.7 Å². The number of nitrogens with zero attached hydrogens (tertiary/aromatic N) is 5. The lowest BCUT2D eigenvalue weighted by Gasteiger charge is -1.99. The van der Waals surface area contributed by atoms with Crippen molar-refractivity contribution in [2.24, 2.45) is 0 Å². The number of para-hydroxylation sites is 2. The third-order valence-corrected chi connectivity index (χ3v) is 4.07. The molecule has 0 unspecified atom stereocenters. The van der Waals surface area contributed by atoms with Crippen molar-refractivity contribution >= 4 is 33.5 Å². The van der Waals surface area contributed by atoms with Crippen LogP contribution in [0.1, 0.15) is 11.4 Å². The number of hydrogen-bond donors (Lipinski definition) is 0. The molecule has 0 N–H and O–H groups in total. The van der Waals surface area contributed by atoms with Crippen LogP contribution >= 0.6 is 11.3 Å². The van der Waals surface area contributed by atoms with Gasteiger partial charge in [-0.3, -0.25) is 0 Å². The Labute approximate surface area is 118 Å². The summed E-state index contributed by atoms with van der Waals surface area (Å²) in [6, 6.07) is 7.85. The molecule has 0 fully saturated rings. The minimum atomic E-state index is 0.760. The van der Waals surface area contributed by atoms with E-state index in [1.54, 1.807) is 16.0 Å². The van der Waals surface area contributed by atoms with Gasteiger partial charge in [0.1, 0.15) is 5.52 Å². The average molecular weight is 281 g/mol. The summed E-state index contributed by atoms with van der Waals surface area (Å²) in [4.78, 5) is 13.8. The molecule has 5 nitrogen and oxygen atoms in total. The summed E-state index contributed by atoms with van der Waals surface area (Å²) in [6.45, 7) is 3.92. The molecule has 3 aromatic heterocycles. The molecular weight excluding hydrogens is 270 g/mol. The number of fused-ring (bicyclic) bond motifs is 2. The molecule has 1 aromatic carbocycles. The van der Waals surface area contributed by atoms with E-state index in [0.717, 1.165) is 38.7 Å². The van der Waals surface area contributed by atoms with Gasteiger partial charge in [0.25, 0.3) is 0 Å². The van der Waals surface area contributed by atoms with Crippen LogP contribution in [-0.2, 0) is 0 Å². The van der Waals surface area contributed by atoms with Crippen LogP contribution in [0.2, 0.25) is 0 Å². The molecule has 0 aliphatic rings. The molecule has 0 amide bonds. The fourth-order valence-electron chi connectivity index (χ4n) is 2.20. The lowest BCUT2D eigenvalue weighted by Crippen LogP contribution is -1.98. The normalized spacial score (nSPS) is 11.5. The fraction of sp³-hybridized carbons (Fsp3) is 0.143. The first kappa shape index (κ1) is 11.5. The monoisotopic (exact) mass is 281 g/mol. The van der Waals surface area contributed by atoms with E-state index in [1.807, 2.05) is 43.5 Å². The summed E-state index contributed by atoms with van der Waals surface area (Å²) in [6.07, 6.45) is 0.